The highest BCUT2D eigenvalue weighted by molar-refractivity contribution is 8.15. The van der Waals surface area contributed by atoms with Gasteiger partial charge in [-0.25, -0.2) is 0 Å². The third-order valence-corrected chi connectivity index (χ3v) is 3.69. The number of rotatable bonds is 8. The van der Waals surface area contributed by atoms with Crippen molar-refractivity contribution in [2.75, 3.05) is 6.61 Å². The van der Waals surface area contributed by atoms with Crippen molar-refractivity contribution in [3.63, 3.8) is 0 Å². The van der Waals surface area contributed by atoms with E-state index in [1.807, 2.05) is 6.92 Å². The molecule has 0 aromatic carbocycles. The summed E-state index contributed by atoms with van der Waals surface area (Å²) in [6.07, 6.45) is 5.10. The minimum Gasteiger partial charge on any atom is -0.465 e. The first-order valence-electron chi connectivity index (χ1n) is 6.33. The van der Waals surface area contributed by atoms with E-state index >= 15 is 0 Å². The smallest absolute Gasteiger partial charge is 0.322 e. The van der Waals surface area contributed by atoms with Gasteiger partial charge in [-0.1, -0.05) is 44.4 Å². The van der Waals surface area contributed by atoms with Gasteiger partial charge in [0.25, 0.3) is 0 Å². The van der Waals surface area contributed by atoms with Crippen molar-refractivity contribution >= 4 is 22.8 Å². The van der Waals surface area contributed by atoms with Gasteiger partial charge >= 0.3 is 5.97 Å². The zero-order valence-electron chi connectivity index (χ0n) is 11.4. The van der Waals surface area contributed by atoms with Crippen molar-refractivity contribution < 1.29 is 14.3 Å². The molecule has 0 spiro atoms. The first-order chi connectivity index (χ1) is 7.96. The Hall–Kier alpha value is -0.510. The molecule has 0 unspecified atom stereocenters. The van der Waals surface area contributed by atoms with Gasteiger partial charge in [-0.15, -0.1) is 0 Å². The lowest BCUT2D eigenvalue weighted by atomic mass is 10.0. The molecule has 0 aromatic heterocycles. The largest absolute Gasteiger partial charge is 0.465 e. The highest BCUT2D eigenvalue weighted by Crippen LogP contribution is 2.32. The minimum absolute atomic E-state index is 0.0314. The maximum absolute atomic E-state index is 11.9. The second kappa shape index (κ2) is 8.56. The predicted octanol–water partition coefficient (Wildman–Crippen LogP) is 3.56. The summed E-state index contributed by atoms with van der Waals surface area (Å²) >= 11 is 1.09. The molecule has 0 aliphatic heterocycles. The molecule has 0 amide bonds. The van der Waals surface area contributed by atoms with E-state index in [9.17, 15) is 9.59 Å². The van der Waals surface area contributed by atoms with Crippen LogP contribution in [-0.2, 0) is 14.3 Å². The van der Waals surface area contributed by atoms with Crippen LogP contribution in [0.1, 0.15) is 59.8 Å². The van der Waals surface area contributed by atoms with Crippen LogP contribution in [0.5, 0.6) is 0 Å². The van der Waals surface area contributed by atoms with Crippen LogP contribution >= 0.6 is 11.8 Å². The number of carbonyl (C=O) groups excluding carboxylic acids is 2. The third kappa shape index (κ3) is 6.71. The van der Waals surface area contributed by atoms with Gasteiger partial charge in [0, 0.05) is 6.92 Å². The summed E-state index contributed by atoms with van der Waals surface area (Å²) in [6, 6.07) is 0. The van der Waals surface area contributed by atoms with Crippen LogP contribution in [0.2, 0.25) is 0 Å². The van der Waals surface area contributed by atoms with Gasteiger partial charge in [-0.2, -0.15) is 0 Å². The Bertz CT molecular complexity index is 253. The molecule has 100 valence electrons. The summed E-state index contributed by atoms with van der Waals surface area (Å²) in [5.41, 5.74) is 0. The van der Waals surface area contributed by atoms with Gasteiger partial charge in [0.05, 0.1) is 6.61 Å². The number of esters is 1. The number of hydrogen-bond acceptors (Lipinski definition) is 4. The maximum Gasteiger partial charge on any atom is 0.322 e. The topological polar surface area (TPSA) is 43.4 Å². The zero-order valence-corrected chi connectivity index (χ0v) is 12.2. The van der Waals surface area contributed by atoms with Crippen molar-refractivity contribution in [3.05, 3.63) is 0 Å². The van der Waals surface area contributed by atoms with Gasteiger partial charge in [-0.3, -0.25) is 9.59 Å². The van der Waals surface area contributed by atoms with Crippen LogP contribution in [-0.4, -0.2) is 22.4 Å². The molecular weight excluding hydrogens is 236 g/mol. The average Bonchev–Trinajstić information content (AvgIpc) is 2.24. The number of thioether (sulfide) groups is 1. The molecular formula is C13H24O3S. The van der Waals surface area contributed by atoms with Crippen molar-refractivity contribution in [3.8, 4) is 0 Å². The Morgan fingerprint density at radius 2 is 1.82 bits per heavy atom. The lowest BCUT2D eigenvalue weighted by Gasteiger charge is -2.25. The van der Waals surface area contributed by atoms with Crippen LogP contribution in [0.4, 0.5) is 0 Å². The third-order valence-electron chi connectivity index (χ3n) is 2.58. The zero-order chi connectivity index (χ0) is 13.3. The molecule has 0 heterocycles. The van der Waals surface area contributed by atoms with Crippen LogP contribution in [0, 0.1) is 0 Å². The van der Waals surface area contributed by atoms with E-state index < -0.39 is 4.75 Å². The lowest BCUT2D eigenvalue weighted by molar-refractivity contribution is -0.146. The quantitative estimate of drug-likeness (QED) is 0.494. The standard InChI is InChI=1S/C13H24O3S/c1-5-7-8-9-10-13(4,17-11(3)14)12(15)16-6-2/h5-10H2,1-4H3/t13-/m1/s1. The van der Waals surface area contributed by atoms with Crippen LogP contribution in [0.15, 0.2) is 0 Å². The maximum atomic E-state index is 11.9. The Labute approximate surface area is 109 Å². The fourth-order valence-electron chi connectivity index (χ4n) is 1.68. The number of carbonyl (C=O) groups is 2. The van der Waals surface area contributed by atoms with E-state index in [2.05, 4.69) is 6.92 Å². The molecule has 0 saturated heterocycles. The molecule has 0 aliphatic carbocycles. The fraction of sp³-hybridized carbons (Fsp3) is 0.846. The summed E-state index contributed by atoms with van der Waals surface area (Å²) in [6.45, 7) is 7.60. The van der Waals surface area contributed by atoms with Crippen molar-refractivity contribution in [2.45, 2.75) is 64.5 Å². The monoisotopic (exact) mass is 260 g/mol. The second-order valence-electron chi connectivity index (χ2n) is 4.36. The van der Waals surface area contributed by atoms with Gasteiger partial charge in [0.15, 0.2) is 5.12 Å². The number of unbranched alkanes of at least 4 members (excludes halogenated alkanes) is 3. The predicted molar refractivity (Wildman–Crippen MR) is 72.1 cm³/mol. The number of ether oxygens (including phenoxy) is 1. The van der Waals surface area contributed by atoms with Crippen LogP contribution in [0.25, 0.3) is 0 Å². The Balaban J connectivity index is 4.38. The molecule has 0 fully saturated rings. The first kappa shape index (κ1) is 16.5. The van der Waals surface area contributed by atoms with Crippen molar-refractivity contribution in [2.24, 2.45) is 0 Å². The van der Waals surface area contributed by atoms with E-state index in [0.29, 0.717) is 13.0 Å². The molecule has 1 atom stereocenters. The van der Waals surface area contributed by atoms with Crippen LogP contribution < -0.4 is 0 Å². The number of hydrogen-bond donors (Lipinski definition) is 0. The van der Waals surface area contributed by atoms with Crippen molar-refractivity contribution in [1.82, 2.24) is 0 Å². The van der Waals surface area contributed by atoms with E-state index in [1.54, 1.807) is 6.92 Å². The fourth-order valence-corrected chi connectivity index (χ4v) is 2.71. The molecule has 4 heteroatoms. The van der Waals surface area contributed by atoms with E-state index in [-0.39, 0.29) is 11.1 Å². The van der Waals surface area contributed by atoms with Gasteiger partial charge < -0.3 is 4.74 Å². The molecule has 0 N–H and O–H groups in total. The highest BCUT2D eigenvalue weighted by Gasteiger charge is 2.36. The lowest BCUT2D eigenvalue weighted by Crippen LogP contribution is -2.34. The average molecular weight is 260 g/mol. The molecule has 0 saturated carbocycles. The Kier molecular flexibility index (Phi) is 8.30. The molecule has 17 heavy (non-hydrogen) atoms. The summed E-state index contributed by atoms with van der Waals surface area (Å²) in [4.78, 5) is 23.1. The summed E-state index contributed by atoms with van der Waals surface area (Å²) in [5.74, 6) is -0.267. The van der Waals surface area contributed by atoms with E-state index in [1.165, 1.54) is 13.3 Å². The SMILES string of the molecule is CCCCCC[C@@](C)(SC(C)=O)C(=O)OCC. The highest BCUT2D eigenvalue weighted by atomic mass is 32.2. The summed E-state index contributed by atoms with van der Waals surface area (Å²) in [7, 11) is 0. The molecule has 0 aromatic rings. The summed E-state index contributed by atoms with van der Waals surface area (Å²) < 4.78 is 4.34. The minimum atomic E-state index is -0.713. The van der Waals surface area contributed by atoms with E-state index in [0.717, 1.165) is 31.0 Å². The first-order valence-corrected chi connectivity index (χ1v) is 7.14. The summed E-state index contributed by atoms with van der Waals surface area (Å²) in [5, 5.41) is -0.0314. The Morgan fingerprint density at radius 3 is 2.29 bits per heavy atom. The van der Waals surface area contributed by atoms with Gasteiger partial charge in [0.2, 0.25) is 0 Å². The molecule has 3 nitrogen and oxygen atoms in total. The van der Waals surface area contributed by atoms with Gasteiger partial charge in [-0.05, 0) is 20.3 Å². The molecule has 0 rings (SSSR count). The Morgan fingerprint density at radius 1 is 1.18 bits per heavy atom. The van der Waals surface area contributed by atoms with Gasteiger partial charge in [0.1, 0.15) is 4.75 Å². The van der Waals surface area contributed by atoms with Crippen molar-refractivity contribution in [1.29, 1.82) is 0 Å². The van der Waals surface area contributed by atoms with Crippen LogP contribution in [0.3, 0.4) is 0 Å². The molecule has 0 aliphatic rings. The van der Waals surface area contributed by atoms with E-state index in [4.69, 9.17) is 4.74 Å². The molecule has 0 bridgehead atoms. The second-order valence-corrected chi connectivity index (χ2v) is 6.04. The normalized spacial score (nSPS) is 14.1. The molecule has 0 radical (unpaired) electrons.